The third kappa shape index (κ3) is 4.50. The van der Waals surface area contributed by atoms with E-state index in [2.05, 4.69) is 15.6 Å². The summed E-state index contributed by atoms with van der Waals surface area (Å²) < 4.78 is 6.89. The fraction of sp³-hybridized carbons (Fsp3) is 0.692. The summed E-state index contributed by atoms with van der Waals surface area (Å²) in [6.07, 6.45) is 1.82. The van der Waals surface area contributed by atoms with Crippen molar-refractivity contribution in [3.05, 3.63) is 11.9 Å². The number of anilines is 1. The maximum Gasteiger partial charge on any atom is 0.236 e. The van der Waals surface area contributed by atoms with Crippen molar-refractivity contribution in [3.8, 4) is 0 Å². The molecule has 0 spiro atoms. The zero-order chi connectivity index (χ0) is 15.1. The molecule has 2 N–H and O–H groups in total. The lowest BCUT2D eigenvalue weighted by Gasteiger charge is -2.15. The van der Waals surface area contributed by atoms with Crippen molar-refractivity contribution < 1.29 is 9.53 Å². The van der Waals surface area contributed by atoms with Gasteiger partial charge in [0.2, 0.25) is 11.9 Å². The first-order valence-corrected chi connectivity index (χ1v) is 6.65. The van der Waals surface area contributed by atoms with E-state index in [1.54, 1.807) is 7.11 Å². The Morgan fingerprint density at radius 1 is 1.55 bits per heavy atom. The van der Waals surface area contributed by atoms with Crippen LogP contribution in [-0.4, -0.2) is 55.9 Å². The largest absolute Gasteiger partial charge is 0.383 e. The maximum absolute atomic E-state index is 11.8. The van der Waals surface area contributed by atoms with Crippen LogP contribution < -0.4 is 15.5 Å². The number of carbonyl (C=O) groups excluding carboxylic acids is 1. The molecule has 0 aromatic carbocycles. The first-order valence-electron chi connectivity index (χ1n) is 6.65. The predicted molar refractivity (Wildman–Crippen MR) is 78.7 cm³/mol. The van der Waals surface area contributed by atoms with Gasteiger partial charge in [-0.15, -0.1) is 0 Å². The topological polar surface area (TPSA) is 71.4 Å². The number of aromatic nitrogens is 2. The van der Waals surface area contributed by atoms with Crippen molar-refractivity contribution in [2.24, 2.45) is 7.05 Å². The van der Waals surface area contributed by atoms with Gasteiger partial charge in [-0.25, -0.2) is 4.98 Å². The van der Waals surface area contributed by atoms with Crippen LogP contribution in [0.4, 0.5) is 5.95 Å². The molecule has 0 saturated heterocycles. The molecule has 0 saturated carbocycles. The molecule has 0 aliphatic heterocycles. The Morgan fingerprint density at radius 3 is 2.80 bits per heavy atom. The normalized spacial score (nSPS) is 12.2. The van der Waals surface area contributed by atoms with Gasteiger partial charge in [0, 0.05) is 41.3 Å². The lowest BCUT2D eigenvalue weighted by molar-refractivity contribution is -0.123. The van der Waals surface area contributed by atoms with Crippen molar-refractivity contribution >= 4 is 11.9 Å². The SMILES string of the molecule is COCCNC(=O)C(C)NCc1cnc(N(C)C)n1C. The second-order valence-corrected chi connectivity index (χ2v) is 4.89. The number of nitrogens with zero attached hydrogens (tertiary/aromatic N) is 3. The molecule has 0 aliphatic carbocycles. The molecule has 20 heavy (non-hydrogen) atoms. The van der Waals surface area contributed by atoms with E-state index in [1.807, 2.05) is 43.7 Å². The van der Waals surface area contributed by atoms with E-state index in [0.717, 1.165) is 11.6 Å². The molecular formula is C13H25N5O2. The number of imidazole rings is 1. The molecule has 1 rings (SSSR count). The van der Waals surface area contributed by atoms with Crippen LogP contribution in [0.1, 0.15) is 12.6 Å². The van der Waals surface area contributed by atoms with Crippen LogP contribution >= 0.6 is 0 Å². The standard InChI is InChI=1S/C13H25N5O2/c1-10(12(19)14-6-7-20-5)15-8-11-9-16-13(17(2)3)18(11)4/h9-10,15H,6-8H2,1-5H3,(H,14,19). The number of hydrogen-bond donors (Lipinski definition) is 2. The zero-order valence-corrected chi connectivity index (χ0v) is 12.9. The fourth-order valence-corrected chi connectivity index (χ4v) is 1.79. The quantitative estimate of drug-likeness (QED) is 0.643. The van der Waals surface area contributed by atoms with Gasteiger partial charge in [-0.3, -0.25) is 4.79 Å². The summed E-state index contributed by atoms with van der Waals surface area (Å²) >= 11 is 0. The molecular weight excluding hydrogens is 258 g/mol. The van der Waals surface area contributed by atoms with Crippen molar-refractivity contribution in [1.29, 1.82) is 0 Å². The molecule has 7 nitrogen and oxygen atoms in total. The van der Waals surface area contributed by atoms with Gasteiger partial charge in [0.25, 0.3) is 0 Å². The van der Waals surface area contributed by atoms with Gasteiger partial charge < -0.3 is 24.8 Å². The minimum Gasteiger partial charge on any atom is -0.383 e. The molecule has 0 aliphatic rings. The highest BCUT2D eigenvalue weighted by atomic mass is 16.5. The van der Waals surface area contributed by atoms with E-state index in [1.165, 1.54) is 0 Å². The fourth-order valence-electron chi connectivity index (χ4n) is 1.79. The number of carbonyl (C=O) groups is 1. The van der Waals surface area contributed by atoms with Crippen LogP contribution in [-0.2, 0) is 23.1 Å². The van der Waals surface area contributed by atoms with Crippen LogP contribution in [0.5, 0.6) is 0 Å². The number of amides is 1. The minimum absolute atomic E-state index is 0.0305. The monoisotopic (exact) mass is 283 g/mol. The second-order valence-electron chi connectivity index (χ2n) is 4.89. The van der Waals surface area contributed by atoms with E-state index < -0.39 is 0 Å². The summed E-state index contributed by atoms with van der Waals surface area (Å²) in [5.41, 5.74) is 1.03. The Kier molecular flexibility index (Phi) is 6.47. The molecule has 0 fully saturated rings. The molecule has 7 heteroatoms. The molecule has 1 aromatic heterocycles. The molecule has 0 radical (unpaired) electrons. The van der Waals surface area contributed by atoms with Crippen molar-refractivity contribution in [2.75, 3.05) is 39.3 Å². The first kappa shape index (κ1) is 16.5. The maximum atomic E-state index is 11.8. The zero-order valence-electron chi connectivity index (χ0n) is 12.9. The van der Waals surface area contributed by atoms with E-state index >= 15 is 0 Å². The number of ether oxygens (including phenoxy) is 1. The molecule has 1 amide bonds. The molecule has 114 valence electrons. The Hall–Kier alpha value is -1.60. The van der Waals surface area contributed by atoms with Crippen LogP contribution in [0.25, 0.3) is 0 Å². The van der Waals surface area contributed by atoms with Crippen molar-refractivity contribution in [1.82, 2.24) is 20.2 Å². The summed E-state index contributed by atoms with van der Waals surface area (Å²) in [5, 5.41) is 5.99. The minimum atomic E-state index is -0.260. The van der Waals surface area contributed by atoms with E-state index in [-0.39, 0.29) is 11.9 Å². The summed E-state index contributed by atoms with van der Waals surface area (Å²) in [7, 11) is 7.47. The van der Waals surface area contributed by atoms with Crippen LogP contribution in [0.3, 0.4) is 0 Å². The molecule has 1 aromatic rings. The third-order valence-electron chi connectivity index (χ3n) is 3.05. The van der Waals surface area contributed by atoms with E-state index in [9.17, 15) is 4.79 Å². The number of rotatable bonds is 8. The third-order valence-corrected chi connectivity index (χ3v) is 3.05. The van der Waals surface area contributed by atoms with E-state index in [0.29, 0.717) is 19.7 Å². The summed E-state index contributed by atoms with van der Waals surface area (Å²) in [5.74, 6) is 0.857. The van der Waals surface area contributed by atoms with Crippen LogP contribution in [0.2, 0.25) is 0 Å². The Bertz CT molecular complexity index is 430. The Labute approximate surface area is 120 Å². The van der Waals surface area contributed by atoms with Gasteiger partial charge in [-0.05, 0) is 6.92 Å². The van der Waals surface area contributed by atoms with Crippen LogP contribution in [0.15, 0.2) is 6.20 Å². The van der Waals surface area contributed by atoms with Crippen molar-refractivity contribution in [3.63, 3.8) is 0 Å². The average molecular weight is 283 g/mol. The second kappa shape index (κ2) is 7.86. The lowest BCUT2D eigenvalue weighted by atomic mass is 10.3. The highest BCUT2D eigenvalue weighted by Crippen LogP contribution is 2.10. The van der Waals surface area contributed by atoms with Gasteiger partial charge in [0.05, 0.1) is 24.5 Å². The van der Waals surface area contributed by atoms with Gasteiger partial charge in [-0.1, -0.05) is 0 Å². The smallest absolute Gasteiger partial charge is 0.236 e. The number of methoxy groups -OCH3 is 1. The number of nitrogens with one attached hydrogen (secondary N) is 2. The summed E-state index contributed by atoms with van der Waals surface area (Å²) in [6.45, 7) is 3.48. The first-order chi connectivity index (χ1) is 9.47. The molecule has 0 bridgehead atoms. The predicted octanol–water partition coefficient (Wildman–Crippen LogP) is -0.273. The summed E-state index contributed by atoms with van der Waals surface area (Å²) in [4.78, 5) is 18.1. The van der Waals surface area contributed by atoms with Gasteiger partial charge in [-0.2, -0.15) is 0 Å². The highest BCUT2D eigenvalue weighted by molar-refractivity contribution is 5.81. The van der Waals surface area contributed by atoms with Gasteiger partial charge in [0.1, 0.15) is 0 Å². The van der Waals surface area contributed by atoms with Crippen LogP contribution in [0, 0.1) is 0 Å². The Morgan fingerprint density at radius 2 is 2.25 bits per heavy atom. The van der Waals surface area contributed by atoms with Crippen molar-refractivity contribution in [2.45, 2.75) is 19.5 Å². The molecule has 1 unspecified atom stereocenters. The van der Waals surface area contributed by atoms with E-state index in [4.69, 9.17) is 4.74 Å². The average Bonchev–Trinajstić information content (AvgIpc) is 2.77. The molecule has 1 heterocycles. The molecule has 1 atom stereocenters. The van der Waals surface area contributed by atoms with Gasteiger partial charge in [0.15, 0.2) is 0 Å². The summed E-state index contributed by atoms with van der Waals surface area (Å²) in [6, 6.07) is -0.260. The number of hydrogen-bond acceptors (Lipinski definition) is 5. The van der Waals surface area contributed by atoms with Gasteiger partial charge >= 0.3 is 0 Å². The lowest BCUT2D eigenvalue weighted by Crippen LogP contribution is -2.43. The highest BCUT2D eigenvalue weighted by Gasteiger charge is 2.13. The Balaban J connectivity index is 2.44.